The molecule has 0 unspecified atom stereocenters. The molecule has 0 saturated heterocycles. The Balaban J connectivity index is 1.45. The Kier molecular flexibility index (Phi) is 6.71. The molecule has 3 aromatic rings. The highest BCUT2D eigenvalue weighted by molar-refractivity contribution is 8.00. The number of amides is 1. The third kappa shape index (κ3) is 5.73. The maximum absolute atomic E-state index is 12.2. The highest BCUT2D eigenvalue weighted by Crippen LogP contribution is 2.23. The van der Waals surface area contributed by atoms with Gasteiger partial charge in [0.05, 0.1) is 5.75 Å². The Morgan fingerprint density at radius 2 is 1.96 bits per heavy atom. The van der Waals surface area contributed by atoms with Crippen molar-refractivity contribution >= 4 is 17.7 Å². The van der Waals surface area contributed by atoms with Gasteiger partial charge in [0.25, 0.3) is 0 Å². The molecule has 140 valence electrons. The van der Waals surface area contributed by atoms with E-state index < -0.39 is 0 Å². The first-order valence-corrected chi connectivity index (χ1v) is 10.1. The van der Waals surface area contributed by atoms with Crippen molar-refractivity contribution in [2.24, 2.45) is 0 Å². The predicted molar refractivity (Wildman–Crippen MR) is 111 cm³/mol. The van der Waals surface area contributed by atoms with Crippen molar-refractivity contribution < 1.29 is 4.79 Å². The Bertz CT molecular complexity index is 890. The quantitative estimate of drug-likeness (QED) is 0.602. The van der Waals surface area contributed by atoms with E-state index in [4.69, 9.17) is 0 Å². The number of carbonyl (C=O) groups is 1. The number of nitrogens with zero attached hydrogens (tertiary/aromatic N) is 2. The molecule has 0 spiro atoms. The van der Waals surface area contributed by atoms with Gasteiger partial charge < -0.3 is 9.88 Å². The minimum atomic E-state index is 0.0575. The van der Waals surface area contributed by atoms with Crippen molar-refractivity contribution in [3.05, 3.63) is 83.4 Å². The number of benzene rings is 2. The summed E-state index contributed by atoms with van der Waals surface area (Å²) in [5.74, 6) is 1.48. The van der Waals surface area contributed by atoms with Crippen LogP contribution in [0.4, 0.5) is 0 Å². The summed E-state index contributed by atoms with van der Waals surface area (Å²) < 4.78 is 2.13. The molecule has 0 fully saturated rings. The van der Waals surface area contributed by atoms with Crippen LogP contribution in [0.5, 0.6) is 0 Å². The summed E-state index contributed by atoms with van der Waals surface area (Å²) in [5, 5.41) is 3.00. The lowest BCUT2D eigenvalue weighted by Crippen LogP contribution is -2.28. The molecule has 1 heterocycles. The second kappa shape index (κ2) is 9.42. The molecule has 1 aromatic heterocycles. The van der Waals surface area contributed by atoms with Gasteiger partial charge in [-0.25, -0.2) is 4.98 Å². The molecule has 4 nitrogen and oxygen atoms in total. The van der Waals surface area contributed by atoms with Crippen LogP contribution in [0.2, 0.25) is 0 Å². The van der Waals surface area contributed by atoms with E-state index in [0.29, 0.717) is 12.3 Å². The predicted octanol–water partition coefficient (Wildman–Crippen LogP) is 4.00. The summed E-state index contributed by atoms with van der Waals surface area (Å²) in [5.41, 5.74) is 3.67. The number of nitrogens with one attached hydrogen (secondary N) is 1. The molecule has 0 aliphatic carbocycles. The van der Waals surface area contributed by atoms with Gasteiger partial charge in [0.1, 0.15) is 5.82 Å². The second-order valence-electron chi connectivity index (χ2n) is 6.61. The summed E-state index contributed by atoms with van der Waals surface area (Å²) in [6, 6.07) is 16.6. The van der Waals surface area contributed by atoms with E-state index in [9.17, 15) is 4.79 Å². The van der Waals surface area contributed by atoms with Crippen LogP contribution in [0.1, 0.15) is 22.5 Å². The molecule has 0 saturated carbocycles. The molecule has 0 atom stereocenters. The zero-order valence-electron chi connectivity index (χ0n) is 15.8. The van der Waals surface area contributed by atoms with Crippen LogP contribution in [-0.2, 0) is 17.8 Å². The fourth-order valence-electron chi connectivity index (χ4n) is 2.86. The minimum absolute atomic E-state index is 0.0575. The summed E-state index contributed by atoms with van der Waals surface area (Å²) in [6.45, 7) is 5.54. The van der Waals surface area contributed by atoms with Gasteiger partial charge in [-0.3, -0.25) is 4.79 Å². The average Bonchev–Trinajstić information content (AvgIpc) is 3.10. The number of thioether (sulfide) groups is 1. The summed E-state index contributed by atoms with van der Waals surface area (Å²) in [7, 11) is 0. The molecular weight excluding hydrogens is 354 g/mol. The normalized spacial score (nSPS) is 10.7. The number of imidazole rings is 1. The van der Waals surface area contributed by atoms with Gasteiger partial charge in [0, 0.05) is 36.8 Å². The number of aromatic nitrogens is 2. The third-order valence-electron chi connectivity index (χ3n) is 4.37. The highest BCUT2D eigenvalue weighted by atomic mass is 32.2. The molecule has 1 N–H and O–H groups in total. The van der Waals surface area contributed by atoms with Crippen molar-refractivity contribution in [3.8, 4) is 0 Å². The SMILES string of the molecule is Cc1ccc(C)c(SCC(=O)NCCc2nccn2Cc2ccccc2)c1. The van der Waals surface area contributed by atoms with E-state index in [1.807, 2.05) is 30.6 Å². The minimum Gasteiger partial charge on any atom is -0.355 e. The van der Waals surface area contributed by atoms with Crippen LogP contribution in [0.15, 0.2) is 65.8 Å². The topological polar surface area (TPSA) is 46.9 Å². The second-order valence-corrected chi connectivity index (χ2v) is 7.63. The first kappa shape index (κ1) is 19.2. The molecule has 0 bridgehead atoms. The Labute approximate surface area is 165 Å². The summed E-state index contributed by atoms with van der Waals surface area (Å²) in [4.78, 5) is 17.8. The number of carbonyl (C=O) groups excluding carboxylic acids is 1. The van der Waals surface area contributed by atoms with Gasteiger partial charge in [0.2, 0.25) is 5.91 Å². The van der Waals surface area contributed by atoms with E-state index in [2.05, 4.69) is 59.0 Å². The highest BCUT2D eigenvalue weighted by Gasteiger charge is 2.07. The zero-order chi connectivity index (χ0) is 19.1. The van der Waals surface area contributed by atoms with E-state index in [1.54, 1.807) is 11.8 Å². The van der Waals surface area contributed by atoms with Crippen LogP contribution in [0.3, 0.4) is 0 Å². The molecule has 27 heavy (non-hydrogen) atoms. The van der Waals surface area contributed by atoms with Crippen LogP contribution in [-0.4, -0.2) is 27.8 Å². The van der Waals surface area contributed by atoms with Gasteiger partial charge in [0.15, 0.2) is 0 Å². The zero-order valence-corrected chi connectivity index (χ0v) is 16.6. The van der Waals surface area contributed by atoms with E-state index in [0.717, 1.165) is 18.8 Å². The molecule has 3 rings (SSSR count). The van der Waals surface area contributed by atoms with Crippen LogP contribution in [0, 0.1) is 13.8 Å². The molecule has 2 aromatic carbocycles. The average molecular weight is 380 g/mol. The largest absolute Gasteiger partial charge is 0.355 e. The number of hydrogen-bond donors (Lipinski definition) is 1. The lowest BCUT2D eigenvalue weighted by Gasteiger charge is -2.10. The first-order valence-electron chi connectivity index (χ1n) is 9.12. The Morgan fingerprint density at radius 3 is 2.78 bits per heavy atom. The molecule has 0 radical (unpaired) electrons. The Hall–Kier alpha value is -2.53. The first-order chi connectivity index (χ1) is 13.1. The third-order valence-corrected chi connectivity index (χ3v) is 5.53. The monoisotopic (exact) mass is 379 g/mol. The van der Waals surface area contributed by atoms with Crippen molar-refractivity contribution in [1.29, 1.82) is 0 Å². The molecule has 5 heteroatoms. The van der Waals surface area contributed by atoms with Gasteiger partial charge in [-0.15, -0.1) is 11.8 Å². The fourth-order valence-corrected chi connectivity index (χ4v) is 3.82. The summed E-state index contributed by atoms with van der Waals surface area (Å²) >= 11 is 1.59. The summed E-state index contributed by atoms with van der Waals surface area (Å²) in [6.07, 6.45) is 4.52. The van der Waals surface area contributed by atoms with Gasteiger partial charge in [-0.05, 0) is 31.0 Å². The van der Waals surface area contributed by atoms with Gasteiger partial charge in [-0.1, -0.05) is 48.0 Å². The maximum Gasteiger partial charge on any atom is 0.230 e. The van der Waals surface area contributed by atoms with Crippen molar-refractivity contribution in [2.75, 3.05) is 12.3 Å². The van der Waals surface area contributed by atoms with Crippen LogP contribution < -0.4 is 5.32 Å². The van der Waals surface area contributed by atoms with Crippen molar-refractivity contribution in [2.45, 2.75) is 31.7 Å². The maximum atomic E-state index is 12.2. The van der Waals surface area contributed by atoms with Gasteiger partial charge >= 0.3 is 0 Å². The molecule has 0 aliphatic heterocycles. The van der Waals surface area contributed by atoms with Crippen LogP contribution in [0.25, 0.3) is 0 Å². The standard InChI is InChI=1S/C22H25N3OS/c1-17-8-9-18(2)20(14-17)27-16-22(26)24-11-10-21-23-12-13-25(21)15-19-6-4-3-5-7-19/h3-9,12-14H,10-11,15-16H2,1-2H3,(H,24,26). The smallest absolute Gasteiger partial charge is 0.230 e. The lowest BCUT2D eigenvalue weighted by atomic mass is 10.2. The molecule has 1 amide bonds. The number of hydrogen-bond acceptors (Lipinski definition) is 3. The number of rotatable bonds is 8. The lowest BCUT2D eigenvalue weighted by molar-refractivity contribution is -0.118. The van der Waals surface area contributed by atoms with Crippen molar-refractivity contribution in [1.82, 2.24) is 14.9 Å². The van der Waals surface area contributed by atoms with E-state index in [-0.39, 0.29) is 5.91 Å². The molecular formula is C22H25N3OS. The Morgan fingerprint density at radius 1 is 1.15 bits per heavy atom. The van der Waals surface area contributed by atoms with Crippen LogP contribution >= 0.6 is 11.8 Å². The number of aryl methyl sites for hydroxylation is 2. The van der Waals surface area contributed by atoms with E-state index >= 15 is 0 Å². The van der Waals surface area contributed by atoms with Crippen molar-refractivity contribution in [3.63, 3.8) is 0 Å². The fraction of sp³-hybridized carbons (Fsp3) is 0.273. The van der Waals surface area contributed by atoms with Gasteiger partial charge in [-0.2, -0.15) is 0 Å². The molecule has 0 aliphatic rings. The van der Waals surface area contributed by atoms with E-state index in [1.165, 1.54) is 21.6 Å².